The standard InChI is InChI=1S/C13H23NO/c1-14(2-3-15)13-11-5-9-4-10(7-11)8-12(13)6-9/h9-13,15H,2-8H2,1H3. The summed E-state index contributed by atoms with van der Waals surface area (Å²) in [4.78, 5) is 2.44. The zero-order valence-electron chi connectivity index (χ0n) is 9.73. The molecule has 0 unspecified atom stereocenters. The highest BCUT2D eigenvalue weighted by Crippen LogP contribution is 2.54. The van der Waals surface area contributed by atoms with Crippen molar-refractivity contribution in [2.24, 2.45) is 23.7 Å². The Labute approximate surface area is 92.7 Å². The molecule has 4 aliphatic carbocycles. The maximum atomic E-state index is 9.05. The van der Waals surface area contributed by atoms with E-state index >= 15 is 0 Å². The highest BCUT2D eigenvalue weighted by Gasteiger charge is 2.49. The van der Waals surface area contributed by atoms with E-state index in [1.54, 1.807) is 0 Å². The van der Waals surface area contributed by atoms with E-state index < -0.39 is 0 Å². The monoisotopic (exact) mass is 209 g/mol. The average molecular weight is 209 g/mol. The van der Waals surface area contributed by atoms with E-state index in [0.717, 1.165) is 36.3 Å². The van der Waals surface area contributed by atoms with Crippen LogP contribution < -0.4 is 0 Å². The number of hydrogen-bond acceptors (Lipinski definition) is 2. The van der Waals surface area contributed by atoms with Crippen molar-refractivity contribution in [1.82, 2.24) is 4.90 Å². The lowest BCUT2D eigenvalue weighted by Gasteiger charge is -2.56. The third-order valence-electron chi connectivity index (χ3n) is 5.14. The smallest absolute Gasteiger partial charge is 0.0558 e. The molecule has 2 heteroatoms. The molecule has 0 aliphatic heterocycles. The summed E-state index contributed by atoms with van der Waals surface area (Å²) in [6, 6.07) is 0.796. The molecule has 4 fully saturated rings. The minimum absolute atomic E-state index is 0.319. The van der Waals surface area contributed by atoms with Gasteiger partial charge in [-0.2, -0.15) is 0 Å². The van der Waals surface area contributed by atoms with Crippen LogP contribution in [0.5, 0.6) is 0 Å². The molecule has 4 rings (SSSR count). The second kappa shape index (κ2) is 3.74. The van der Waals surface area contributed by atoms with Crippen molar-refractivity contribution in [2.45, 2.75) is 38.1 Å². The summed E-state index contributed by atoms with van der Waals surface area (Å²) in [5.74, 6) is 4.04. The van der Waals surface area contributed by atoms with Crippen LogP contribution >= 0.6 is 0 Å². The minimum atomic E-state index is 0.319. The van der Waals surface area contributed by atoms with E-state index in [2.05, 4.69) is 11.9 Å². The fourth-order valence-corrected chi connectivity index (χ4v) is 4.92. The van der Waals surface area contributed by atoms with Crippen molar-refractivity contribution in [2.75, 3.05) is 20.2 Å². The van der Waals surface area contributed by atoms with Gasteiger partial charge in [0, 0.05) is 12.6 Å². The molecule has 0 heterocycles. The Morgan fingerprint density at radius 3 is 2.00 bits per heavy atom. The van der Waals surface area contributed by atoms with Gasteiger partial charge in [-0.05, 0) is 62.8 Å². The predicted octanol–water partition coefficient (Wildman–Crippen LogP) is 1.74. The van der Waals surface area contributed by atoms with Crippen molar-refractivity contribution in [1.29, 1.82) is 0 Å². The maximum Gasteiger partial charge on any atom is 0.0558 e. The zero-order chi connectivity index (χ0) is 10.4. The van der Waals surface area contributed by atoms with Gasteiger partial charge in [0.05, 0.1) is 6.61 Å². The molecule has 0 radical (unpaired) electrons. The fraction of sp³-hybridized carbons (Fsp3) is 1.00. The largest absolute Gasteiger partial charge is 0.395 e. The van der Waals surface area contributed by atoms with Crippen molar-refractivity contribution in [3.63, 3.8) is 0 Å². The summed E-state index contributed by atoms with van der Waals surface area (Å²) in [6.45, 7) is 1.19. The fourth-order valence-electron chi connectivity index (χ4n) is 4.92. The summed E-state index contributed by atoms with van der Waals surface area (Å²) in [5.41, 5.74) is 0. The van der Waals surface area contributed by atoms with E-state index in [-0.39, 0.29) is 0 Å². The van der Waals surface area contributed by atoms with Gasteiger partial charge in [0.1, 0.15) is 0 Å². The van der Waals surface area contributed by atoms with Crippen molar-refractivity contribution in [3.05, 3.63) is 0 Å². The predicted molar refractivity (Wildman–Crippen MR) is 60.5 cm³/mol. The van der Waals surface area contributed by atoms with Crippen molar-refractivity contribution < 1.29 is 5.11 Å². The first-order valence-electron chi connectivity index (χ1n) is 6.59. The lowest BCUT2D eigenvalue weighted by atomic mass is 9.54. The van der Waals surface area contributed by atoms with Crippen molar-refractivity contribution >= 4 is 0 Å². The van der Waals surface area contributed by atoms with E-state index in [1.165, 1.54) is 32.1 Å². The van der Waals surface area contributed by atoms with Crippen LogP contribution in [0.25, 0.3) is 0 Å². The number of aliphatic hydroxyl groups is 1. The van der Waals surface area contributed by atoms with Gasteiger partial charge in [-0.15, -0.1) is 0 Å². The van der Waals surface area contributed by atoms with Crippen LogP contribution in [-0.4, -0.2) is 36.2 Å². The number of nitrogens with zero attached hydrogens (tertiary/aromatic N) is 1. The van der Waals surface area contributed by atoms with Crippen LogP contribution in [0, 0.1) is 23.7 Å². The molecule has 86 valence electrons. The summed E-state index contributed by atoms with van der Waals surface area (Å²) in [5, 5.41) is 9.05. The van der Waals surface area contributed by atoms with Crippen LogP contribution in [0.2, 0.25) is 0 Å². The van der Waals surface area contributed by atoms with E-state index in [1.807, 2.05) is 0 Å². The maximum absolute atomic E-state index is 9.05. The second-order valence-electron chi connectivity index (χ2n) is 6.13. The topological polar surface area (TPSA) is 23.5 Å². The molecule has 0 amide bonds. The quantitative estimate of drug-likeness (QED) is 0.765. The SMILES string of the molecule is CN(CCO)C1C2CC3CC(C2)CC1C3. The molecule has 0 aromatic heterocycles. The number of hydrogen-bond donors (Lipinski definition) is 1. The summed E-state index contributed by atoms with van der Waals surface area (Å²) < 4.78 is 0. The summed E-state index contributed by atoms with van der Waals surface area (Å²) in [7, 11) is 2.21. The first-order chi connectivity index (χ1) is 7.28. The summed E-state index contributed by atoms with van der Waals surface area (Å²) >= 11 is 0. The van der Waals surface area contributed by atoms with Crippen LogP contribution in [0.3, 0.4) is 0 Å². The lowest BCUT2D eigenvalue weighted by molar-refractivity contribution is -0.0600. The first-order valence-corrected chi connectivity index (χ1v) is 6.59. The van der Waals surface area contributed by atoms with Crippen molar-refractivity contribution in [3.8, 4) is 0 Å². The molecule has 4 bridgehead atoms. The molecular weight excluding hydrogens is 186 g/mol. The molecule has 0 atom stereocenters. The number of aliphatic hydroxyl groups excluding tert-OH is 1. The molecule has 4 aliphatic rings. The first kappa shape index (κ1) is 10.1. The van der Waals surface area contributed by atoms with Crippen LogP contribution in [0.15, 0.2) is 0 Å². The molecule has 0 spiro atoms. The van der Waals surface area contributed by atoms with Gasteiger partial charge in [0.25, 0.3) is 0 Å². The number of likely N-dealkylation sites (N-methyl/N-ethyl adjacent to an activating group) is 1. The van der Waals surface area contributed by atoms with Crippen LogP contribution in [-0.2, 0) is 0 Å². The van der Waals surface area contributed by atoms with Gasteiger partial charge >= 0.3 is 0 Å². The minimum Gasteiger partial charge on any atom is -0.395 e. The average Bonchev–Trinajstić information content (AvgIpc) is 2.15. The third kappa shape index (κ3) is 1.62. The Kier molecular flexibility index (Phi) is 2.52. The molecule has 0 saturated heterocycles. The zero-order valence-corrected chi connectivity index (χ0v) is 9.73. The number of rotatable bonds is 3. The van der Waals surface area contributed by atoms with E-state index in [0.29, 0.717) is 6.61 Å². The Hall–Kier alpha value is -0.0800. The Morgan fingerprint density at radius 1 is 1.00 bits per heavy atom. The highest BCUT2D eigenvalue weighted by molar-refractivity contribution is 5.01. The molecule has 2 nitrogen and oxygen atoms in total. The molecular formula is C13H23NO. The van der Waals surface area contributed by atoms with Gasteiger partial charge in [-0.1, -0.05) is 0 Å². The Morgan fingerprint density at radius 2 is 1.53 bits per heavy atom. The molecule has 0 aromatic carbocycles. The van der Waals surface area contributed by atoms with E-state index in [4.69, 9.17) is 5.11 Å². The van der Waals surface area contributed by atoms with Crippen LogP contribution in [0.4, 0.5) is 0 Å². The molecule has 0 aromatic rings. The lowest BCUT2D eigenvalue weighted by Crippen LogP contribution is -2.55. The van der Waals surface area contributed by atoms with Gasteiger partial charge in [0.15, 0.2) is 0 Å². The Bertz CT molecular complexity index is 213. The van der Waals surface area contributed by atoms with E-state index in [9.17, 15) is 0 Å². The molecule has 4 saturated carbocycles. The Balaban J connectivity index is 1.74. The normalized spacial score (nSPS) is 47.8. The van der Waals surface area contributed by atoms with Gasteiger partial charge < -0.3 is 10.0 Å². The molecule has 15 heavy (non-hydrogen) atoms. The summed E-state index contributed by atoms with van der Waals surface area (Å²) in [6.07, 6.45) is 7.45. The van der Waals surface area contributed by atoms with Gasteiger partial charge in [-0.3, -0.25) is 0 Å². The molecule has 1 N–H and O–H groups in total. The van der Waals surface area contributed by atoms with Gasteiger partial charge in [0.2, 0.25) is 0 Å². The van der Waals surface area contributed by atoms with Gasteiger partial charge in [-0.25, -0.2) is 0 Å². The second-order valence-corrected chi connectivity index (χ2v) is 6.13. The highest BCUT2D eigenvalue weighted by atomic mass is 16.3. The van der Waals surface area contributed by atoms with Crippen LogP contribution in [0.1, 0.15) is 32.1 Å². The third-order valence-corrected chi connectivity index (χ3v) is 5.14.